The first-order valence-corrected chi connectivity index (χ1v) is 9.65. The van der Waals surface area contributed by atoms with Crippen molar-refractivity contribution in [3.05, 3.63) is 58.6 Å². The molecule has 1 unspecified atom stereocenters. The lowest BCUT2D eigenvalue weighted by Gasteiger charge is -2.16. The summed E-state index contributed by atoms with van der Waals surface area (Å²) in [4.78, 5) is 16.9. The van der Waals surface area contributed by atoms with Crippen molar-refractivity contribution in [2.24, 2.45) is 0 Å². The average Bonchev–Trinajstić information content (AvgIpc) is 3.02. The van der Waals surface area contributed by atoms with Gasteiger partial charge in [-0.15, -0.1) is 11.3 Å². The number of para-hydroxylation sites is 1. The van der Waals surface area contributed by atoms with Gasteiger partial charge in [-0.2, -0.15) is 0 Å². The Morgan fingerprint density at radius 3 is 2.65 bits per heavy atom. The van der Waals surface area contributed by atoms with E-state index in [4.69, 9.17) is 4.74 Å². The van der Waals surface area contributed by atoms with Gasteiger partial charge in [-0.25, -0.2) is 4.98 Å². The number of hydrogen-bond acceptors (Lipinski definition) is 4. The van der Waals surface area contributed by atoms with Crippen LogP contribution in [0.1, 0.15) is 42.8 Å². The summed E-state index contributed by atoms with van der Waals surface area (Å²) in [6.07, 6.45) is -0.561. The van der Waals surface area contributed by atoms with Crippen LogP contribution >= 0.6 is 11.3 Å². The Morgan fingerprint density at radius 2 is 1.96 bits per heavy atom. The summed E-state index contributed by atoms with van der Waals surface area (Å²) in [6.45, 7) is 8.58. The molecule has 136 valence electrons. The largest absolute Gasteiger partial charge is 0.481 e. The zero-order valence-corrected chi connectivity index (χ0v) is 16.4. The lowest BCUT2D eigenvalue weighted by Crippen LogP contribution is -2.35. The number of nitrogens with zero attached hydrogens (tertiary/aromatic N) is 1. The van der Waals surface area contributed by atoms with E-state index in [0.29, 0.717) is 12.5 Å². The summed E-state index contributed by atoms with van der Waals surface area (Å²) >= 11 is 1.59. The van der Waals surface area contributed by atoms with Crippen molar-refractivity contribution in [3.63, 3.8) is 0 Å². The summed E-state index contributed by atoms with van der Waals surface area (Å²) in [6, 6.07) is 14.0. The van der Waals surface area contributed by atoms with Crippen LogP contribution in [0.5, 0.6) is 5.75 Å². The van der Waals surface area contributed by atoms with Gasteiger partial charge in [0.1, 0.15) is 10.8 Å². The third-order valence-electron chi connectivity index (χ3n) is 4.30. The molecule has 26 heavy (non-hydrogen) atoms. The van der Waals surface area contributed by atoms with Crippen LogP contribution in [0.4, 0.5) is 0 Å². The predicted molar refractivity (Wildman–Crippen MR) is 107 cm³/mol. The van der Waals surface area contributed by atoms with Crippen molar-refractivity contribution in [1.82, 2.24) is 10.3 Å². The summed E-state index contributed by atoms with van der Waals surface area (Å²) in [5.74, 6) is 1.04. The van der Waals surface area contributed by atoms with E-state index >= 15 is 0 Å². The Morgan fingerprint density at radius 1 is 1.19 bits per heavy atom. The van der Waals surface area contributed by atoms with Crippen LogP contribution in [0.25, 0.3) is 10.2 Å². The topological polar surface area (TPSA) is 51.2 Å². The Kier molecular flexibility index (Phi) is 5.57. The fraction of sp³-hybridized carbons (Fsp3) is 0.333. The fourth-order valence-corrected chi connectivity index (χ4v) is 3.84. The minimum Gasteiger partial charge on any atom is -0.481 e. The first kappa shape index (κ1) is 18.4. The van der Waals surface area contributed by atoms with Gasteiger partial charge < -0.3 is 10.1 Å². The minimum absolute atomic E-state index is 0.144. The van der Waals surface area contributed by atoms with Crippen LogP contribution < -0.4 is 10.1 Å². The molecule has 3 rings (SSSR count). The van der Waals surface area contributed by atoms with Gasteiger partial charge in [-0.05, 0) is 55.2 Å². The first-order chi connectivity index (χ1) is 12.4. The molecule has 0 aliphatic rings. The second-order valence-electron chi connectivity index (χ2n) is 6.73. The van der Waals surface area contributed by atoms with Gasteiger partial charge in [0.05, 0.1) is 16.8 Å². The van der Waals surface area contributed by atoms with E-state index in [-0.39, 0.29) is 5.91 Å². The summed E-state index contributed by atoms with van der Waals surface area (Å²) in [7, 11) is 0. The van der Waals surface area contributed by atoms with E-state index in [1.165, 1.54) is 11.1 Å². The Hall–Kier alpha value is -2.40. The van der Waals surface area contributed by atoms with Crippen LogP contribution in [0.3, 0.4) is 0 Å². The maximum absolute atomic E-state index is 12.3. The molecule has 0 saturated carbocycles. The maximum Gasteiger partial charge on any atom is 0.261 e. The first-order valence-electron chi connectivity index (χ1n) is 8.83. The van der Waals surface area contributed by atoms with Crippen molar-refractivity contribution < 1.29 is 9.53 Å². The van der Waals surface area contributed by atoms with E-state index in [2.05, 4.69) is 37.1 Å². The molecule has 1 N–H and O–H groups in total. The molecule has 0 saturated heterocycles. The average molecular weight is 369 g/mol. The number of fused-ring (bicyclic) bond motifs is 1. The van der Waals surface area contributed by atoms with Crippen molar-refractivity contribution in [2.45, 2.75) is 46.3 Å². The molecule has 0 radical (unpaired) electrons. The number of aryl methyl sites for hydroxylation is 1. The summed E-state index contributed by atoms with van der Waals surface area (Å²) in [5.41, 5.74) is 3.44. The van der Waals surface area contributed by atoms with Crippen LogP contribution in [0.2, 0.25) is 0 Å². The van der Waals surface area contributed by atoms with Crippen molar-refractivity contribution in [2.75, 3.05) is 0 Å². The number of carbonyl (C=O) groups excluding carboxylic acids is 1. The van der Waals surface area contributed by atoms with Crippen LogP contribution in [0, 0.1) is 6.92 Å². The monoisotopic (exact) mass is 368 g/mol. The maximum atomic E-state index is 12.3. The molecule has 3 aromatic rings. The lowest BCUT2D eigenvalue weighted by molar-refractivity contribution is -0.127. The second-order valence-corrected chi connectivity index (χ2v) is 7.84. The molecule has 1 atom stereocenters. The number of benzene rings is 2. The fourth-order valence-electron chi connectivity index (χ4n) is 2.93. The lowest BCUT2D eigenvalue weighted by atomic mass is 9.98. The standard InChI is InChI=1S/C21H24N2O2S/c1-13(2)17-10-9-16(11-14(17)3)25-15(4)21(24)22-12-20-23-18-7-5-6-8-19(18)26-20/h5-11,13,15H,12H2,1-4H3,(H,22,24). The van der Waals surface area contributed by atoms with Crippen LogP contribution in [0.15, 0.2) is 42.5 Å². The number of ether oxygens (including phenoxy) is 1. The molecular weight excluding hydrogens is 344 g/mol. The highest BCUT2D eigenvalue weighted by Crippen LogP contribution is 2.24. The SMILES string of the molecule is Cc1cc(OC(C)C(=O)NCc2nc3ccccc3s2)ccc1C(C)C. The van der Waals surface area contributed by atoms with E-state index < -0.39 is 6.10 Å². The van der Waals surface area contributed by atoms with Crippen LogP contribution in [-0.4, -0.2) is 17.0 Å². The molecule has 0 bridgehead atoms. The molecule has 1 heterocycles. The molecule has 0 spiro atoms. The van der Waals surface area contributed by atoms with E-state index in [0.717, 1.165) is 21.0 Å². The molecule has 0 fully saturated rings. The molecule has 0 aliphatic carbocycles. The zero-order valence-electron chi connectivity index (χ0n) is 15.6. The Balaban J connectivity index is 1.58. The molecule has 4 nitrogen and oxygen atoms in total. The second kappa shape index (κ2) is 7.87. The highest BCUT2D eigenvalue weighted by Gasteiger charge is 2.16. The number of nitrogens with one attached hydrogen (secondary N) is 1. The Bertz CT molecular complexity index is 884. The van der Waals surface area contributed by atoms with Gasteiger partial charge in [0.2, 0.25) is 0 Å². The number of hydrogen-bond donors (Lipinski definition) is 1. The number of rotatable bonds is 6. The van der Waals surface area contributed by atoms with Gasteiger partial charge in [-0.3, -0.25) is 4.79 Å². The number of aromatic nitrogens is 1. The van der Waals surface area contributed by atoms with Gasteiger partial charge in [-0.1, -0.05) is 32.0 Å². The smallest absolute Gasteiger partial charge is 0.261 e. The van der Waals surface area contributed by atoms with Gasteiger partial charge in [0.25, 0.3) is 5.91 Å². The van der Waals surface area contributed by atoms with E-state index in [1.807, 2.05) is 36.4 Å². The van der Waals surface area contributed by atoms with Gasteiger partial charge in [0.15, 0.2) is 6.10 Å². The minimum atomic E-state index is -0.561. The highest BCUT2D eigenvalue weighted by atomic mass is 32.1. The highest BCUT2D eigenvalue weighted by molar-refractivity contribution is 7.18. The molecule has 2 aromatic carbocycles. The summed E-state index contributed by atoms with van der Waals surface area (Å²) < 4.78 is 6.94. The number of amides is 1. The molecular formula is C21H24N2O2S. The third kappa shape index (κ3) is 4.22. The van der Waals surface area contributed by atoms with Crippen LogP contribution in [-0.2, 0) is 11.3 Å². The number of carbonyl (C=O) groups is 1. The summed E-state index contributed by atoms with van der Waals surface area (Å²) in [5, 5.41) is 3.80. The van der Waals surface area contributed by atoms with Crippen molar-refractivity contribution >= 4 is 27.5 Å². The zero-order chi connectivity index (χ0) is 18.7. The molecule has 0 aliphatic heterocycles. The Labute approximate surface area is 158 Å². The van der Waals surface area contributed by atoms with E-state index in [1.54, 1.807) is 18.3 Å². The quantitative estimate of drug-likeness (QED) is 0.679. The third-order valence-corrected chi connectivity index (χ3v) is 5.33. The van der Waals surface area contributed by atoms with Gasteiger partial charge >= 0.3 is 0 Å². The molecule has 1 aromatic heterocycles. The molecule has 1 amide bonds. The van der Waals surface area contributed by atoms with Crippen molar-refractivity contribution in [3.8, 4) is 5.75 Å². The van der Waals surface area contributed by atoms with E-state index in [9.17, 15) is 4.79 Å². The predicted octanol–water partition coefficient (Wildman–Crippen LogP) is 4.81. The van der Waals surface area contributed by atoms with Crippen molar-refractivity contribution in [1.29, 1.82) is 0 Å². The normalized spacial score (nSPS) is 12.3. The number of thiazole rings is 1. The van der Waals surface area contributed by atoms with Gasteiger partial charge in [0, 0.05) is 0 Å². The molecule has 5 heteroatoms.